The Balaban J connectivity index is 1.43. The number of nitrogens with one attached hydrogen (secondary N) is 2. The van der Waals surface area contributed by atoms with Crippen molar-refractivity contribution in [2.45, 2.75) is 43.6 Å². The lowest BCUT2D eigenvalue weighted by Crippen LogP contribution is -2.50. The minimum Gasteiger partial charge on any atom is -0.352 e. The van der Waals surface area contributed by atoms with Gasteiger partial charge in [0.1, 0.15) is 0 Å². The van der Waals surface area contributed by atoms with Crippen LogP contribution in [0.5, 0.6) is 0 Å². The van der Waals surface area contributed by atoms with Gasteiger partial charge >= 0.3 is 0 Å². The van der Waals surface area contributed by atoms with Crippen LogP contribution in [0.2, 0.25) is 5.02 Å². The third kappa shape index (κ3) is 3.99. The fourth-order valence-electron chi connectivity index (χ4n) is 3.85. The first-order valence-corrected chi connectivity index (χ1v) is 10.0. The fraction of sp³-hybridized carbons (Fsp3) is 0.364. The number of carbonyl (C=O) groups excluding carboxylic acids is 2. The van der Waals surface area contributed by atoms with Gasteiger partial charge in [0.05, 0.1) is 5.41 Å². The first-order chi connectivity index (χ1) is 13.9. The van der Waals surface area contributed by atoms with Crippen molar-refractivity contribution in [2.75, 3.05) is 5.32 Å². The van der Waals surface area contributed by atoms with E-state index >= 15 is 0 Å². The predicted molar refractivity (Wildman–Crippen MR) is 107 cm³/mol. The number of rotatable bonds is 6. The maximum atomic E-state index is 12.8. The second-order valence-corrected chi connectivity index (χ2v) is 8.23. The second-order valence-electron chi connectivity index (χ2n) is 7.79. The Bertz CT molecular complexity index is 929. The molecule has 2 aliphatic carbocycles. The second kappa shape index (κ2) is 7.75. The van der Waals surface area contributed by atoms with Crippen molar-refractivity contribution in [1.82, 2.24) is 5.32 Å². The topological polar surface area (TPSA) is 58.2 Å². The van der Waals surface area contributed by atoms with Crippen molar-refractivity contribution >= 4 is 29.1 Å². The molecule has 2 fully saturated rings. The molecule has 2 aromatic carbocycles. The lowest BCUT2D eigenvalue weighted by atomic mass is 9.63. The molecule has 0 saturated heterocycles. The van der Waals surface area contributed by atoms with Gasteiger partial charge in [0.25, 0.3) is 5.91 Å². The SMILES string of the molecule is O=C(Nc1ccc(C2(C(=O)NC3CC3C(F)F)CCC2)cc1)c1cccc(Cl)c1. The zero-order valence-electron chi connectivity index (χ0n) is 15.6. The summed E-state index contributed by atoms with van der Waals surface area (Å²) in [5.74, 6) is -1.17. The summed E-state index contributed by atoms with van der Waals surface area (Å²) in [6, 6.07) is 13.4. The van der Waals surface area contributed by atoms with Gasteiger partial charge in [-0.25, -0.2) is 8.78 Å². The standard InChI is InChI=1S/C22H21ClF2N2O2/c23-15-4-1-3-13(11-15)20(28)26-16-7-5-14(6-8-16)22(9-2-10-22)21(29)27-18-12-17(18)19(24)25/h1,3-8,11,17-19H,2,9-10,12H2,(H,26,28)(H,27,29). The van der Waals surface area contributed by atoms with Crippen LogP contribution in [0.15, 0.2) is 48.5 Å². The number of amides is 2. The molecule has 0 spiro atoms. The van der Waals surface area contributed by atoms with Gasteiger partial charge in [-0.1, -0.05) is 36.2 Å². The first kappa shape index (κ1) is 19.8. The van der Waals surface area contributed by atoms with Crippen LogP contribution in [-0.2, 0) is 10.2 Å². The summed E-state index contributed by atoms with van der Waals surface area (Å²) in [7, 11) is 0. The van der Waals surface area contributed by atoms with E-state index in [0.717, 1.165) is 12.0 Å². The van der Waals surface area contributed by atoms with E-state index in [0.29, 0.717) is 35.5 Å². The molecule has 2 unspecified atom stereocenters. The minimum absolute atomic E-state index is 0.174. The molecular formula is C22H21ClF2N2O2. The minimum atomic E-state index is -2.39. The molecule has 2 aliphatic rings. The molecule has 2 saturated carbocycles. The Kier molecular flexibility index (Phi) is 5.30. The quantitative estimate of drug-likeness (QED) is 0.709. The molecule has 2 N–H and O–H groups in total. The summed E-state index contributed by atoms with van der Waals surface area (Å²) in [4.78, 5) is 25.2. The highest BCUT2D eigenvalue weighted by molar-refractivity contribution is 6.31. The van der Waals surface area contributed by atoms with E-state index in [-0.39, 0.29) is 11.8 Å². The van der Waals surface area contributed by atoms with E-state index in [4.69, 9.17) is 11.6 Å². The summed E-state index contributed by atoms with van der Waals surface area (Å²) < 4.78 is 25.5. The third-order valence-electron chi connectivity index (χ3n) is 5.90. The van der Waals surface area contributed by atoms with E-state index in [2.05, 4.69) is 10.6 Å². The Morgan fingerprint density at radius 3 is 2.38 bits per heavy atom. The summed E-state index contributed by atoms with van der Waals surface area (Å²) in [5, 5.41) is 6.09. The van der Waals surface area contributed by atoms with Crippen LogP contribution >= 0.6 is 11.6 Å². The van der Waals surface area contributed by atoms with Crippen molar-refractivity contribution in [1.29, 1.82) is 0 Å². The van der Waals surface area contributed by atoms with E-state index < -0.39 is 23.8 Å². The summed E-state index contributed by atoms with van der Waals surface area (Å²) in [5.41, 5.74) is 1.24. The molecule has 2 atom stereocenters. The number of halogens is 3. The number of anilines is 1. The fourth-order valence-corrected chi connectivity index (χ4v) is 4.04. The normalized spacial score (nSPS) is 21.9. The molecular weight excluding hydrogens is 398 g/mol. The molecule has 0 heterocycles. The first-order valence-electron chi connectivity index (χ1n) is 9.66. The largest absolute Gasteiger partial charge is 0.352 e. The van der Waals surface area contributed by atoms with Crippen LogP contribution in [0.25, 0.3) is 0 Å². The number of alkyl halides is 2. The van der Waals surface area contributed by atoms with Gasteiger partial charge in [-0.3, -0.25) is 9.59 Å². The van der Waals surface area contributed by atoms with Crippen LogP contribution in [0.3, 0.4) is 0 Å². The van der Waals surface area contributed by atoms with Gasteiger partial charge in [0.2, 0.25) is 12.3 Å². The van der Waals surface area contributed by atoms with Crippen molar-refractivity contribution in [2.24, 2.45) is 5.92 Å². The monoisotopic (exact) mass is 418 g/mol. The van der Waals surface area contributed by atoms with E-state index in [9.17, 15) is 18.4 Å². The van der Waals surface area contributed by atoms with Crippen LogP contribution in [0, 0.1) is 5.92 Å². The molecule has 0 aliphatic heterocycles. The Labute approximate surface area is 172 Å². The third-order valence-corrected chi connectivity index (χ3v) is 6.14. The molecule has 152 valence electrons. The lowest BCUT2D eigenvalue weighted by molar-refractivity contribution is -0.130. The van der Waals surface area contributed by atoms with Crippen LogP contribution in [-0.4, -0.2) is 24.3 Å². The van der Waals surface area contributed by atoms with E-state index in [1.54, 1.807) is 36.4 Å². The molecule has 4 nitrogen and oxygen atoms in total. The molecule has 0 radical (unpaired) electrons. The summed E-state index contributed by atoms with van der Waals surface area (Å²) in [6.07, 6.45) is 0.260. The highest BCUT2D eigenvalue weighted by Gasteiger charge is 2.51. The molecule has 29 heavy (non-hydrogen) atoms. The van der Waals surface area contributed by atoms with Gasteiger partial charge in [-0.15, -0.1) is 0 Å². The Hall–Kier alpha value is -2.47. The highest BCUT2D eigenvalue weighted by atomic mass is 35.5. The highest BCUT2D eigenvalue weighted by Crippen LogP contribution is 2.45. The Morgan fingerprint density at radius 2 is 1.83 bits per heavy atom. The predicted octanol–water partition coefficient (Wildman–Crippen LogP) is 4.78. The van der Waals surface area contributed by atoms with Crippen molar-refractivity contribution in [3.8, 4) is 0 Å². The van der Waals surface area contributed by atoms with E-state index in [1.807, 2.05) is 12.1 Å². The Morgan fingerprint density at radius 1 is 1.10 bits per heavy atom. The molecule has 2 aromatic rings. The van der Waals surface area contributed by atoms with Crippen LogP contribution in [0.1, 0.15) is 41.6 Å². The number of hydrogen-bond acceptors (Lipinski definition) is 2. The zero-order valence-corrected chi connectivity index (χ0v) is 16.4. The lowest BCUT2D eigenvalue weighted by Gasteiger charge is -2.41. The van der Waals surface area contributed by atoms with Crippen molar-refractivity contribution in [3.63, 3.8) is 0 Å². The molecule has 4 rings (SSSR count). The molecule has 2 amide bonds. The van der Waals surface area contributed by atoms with Crippen molar-refractivity contribution in [3.05, 3.63) is 64.7 Å². The van der Waals surface area contributed by atoms with Gasteiger partial charge in [0, 0.05) is 28.2 Å². The average Bonchev–Trinajstić information content (AvgIpc) is 3.41. The van der Waals surface area contributed by atoms with Gasteiger partial charge in [-0.05, 0) is 55.2 Å². The van der Waals surface area contributed by atoms with E-state index in [1.165, 1.54) is 0 Å². The van der Waals surface area contributed by atoms with Crippen molar-refractivity contribution < 1.29 is 18.4 Å². The average molecular weight is 419 g/mol. The molecule has 7 heteroatoms. The number of carbonyl (C=O) groups is 2. The number of hydrogen-bond donors (Lipinski definition) is 2. The molecule has 0 bridgehead atoms. The van der Waals surface area contributed by atoms with Gasteiger partial charge in [-0.2, -0.15) is 0 Å². The maximum absolute atomic E-state index is 12.8. The van der Waals surface area contributed by atoms with Crippen LogP contribution < -0.4 is 10.6 Å². The number of benzene rings is 2. The van der Waals surface area contributed by atoms with Gasteiger partial charge < -0.3 is 10.6 Å². The van der Waals surface area contributed by atoms with Gasteiger partial charge in [0.15, 0.2) is 0 Å². The summed E-state index contributed by atoms with van der Waals surface area (Å²) in [6.45, 7) is 0. The molecule has 0 aromatic heterocycles. The summed E-state index contributed by atoms with van der Waals surface area (Å²) >= 11 is 5.92. The zero-order chi connectivity index (χ0) is 20.6. The van der Waals surface area contributed by atoms with Crippen LogP contribution in [0.4, 0.5) is 14.5 Å². The maximum Gasteiger partial charge on any atom is 0.255 e. The smallest absolute Gasteiger partial charge is 0.255 e.